The Bertz CT molecular complexity index is 1190. The van der Waals surface area contributed by atoms with Crippen molar-refractivity contribution in [2.45, 2.75) is 19.3 Å². The van der Waals surface area contributed by atoms with Crippen molar-refractivity contribution in [3.63, 3.8) is 0 Å². The van der Waals surface area contributed by atoms with Crippen molar-refractivity contribution in [3.8, 4) is 11.5 Å². The number of anilines is 1. The Labute approximate surface area is 183 Å². The molecule has 0 aliphatic carbocycles. The van der Waals surface area contributed by atoms with Crippen molar-refractivity contribution in [1.29, 1.82) is 0 Å². The second kappa shape index (κ2) is 9.13. The van der Waals surface area contributed by atoms with Crippen LogP contribution in [0.3, 0.4) is 0 Å². The number of H-pyrrole nitrogens is 1. The van der Waals surface area contributed by atoms with E-state index in [-0.39, 0.29) is 5.56 Å². The number of nitrogens with zero attached hydrogens (tertiary/aromatic N) is 1. The van der Waals surface area contributed by atoms with Crippen molar-refractivity contribution in [1.82, 2.24) is 10.2 Å². The van der Waals surface area contributed by atoms with Crippen LogP contribution in [0, 0.1) is 0 Å². The molecule has 0 radical (unpaired) electrons. The van der Waals surface area contributed by atoms with Crippen LogP contribution in [-0.4, -0.2) is 16.7 Å². The predicted octanol–water partition coefficient (Wildman–Crippen LogP) is 6.08. The Kier molecular flexibility index (Phi) is 6.14. The standard InChI is InChI=1S/C24H22BrN3O2/c1-16(14-15-26-23-21-4-2-3-5-22(21)24(29)28-27-23)17-6-10-19(11-7-17)30-20-12-8-18(25)9-13-20/h2-13,16H,14-15H2,1H3,(H,26,27)(H,28,29). The van der Waals surface area contributed by atoms with Crippen molar-refractivity contribution >= 4 is 32.5 Å². The maximum absolute atomic E-state index is 11.9. The van der Waals surface area contributed by atoms with E-state index in [2.05, 4.69) is 50.5 Å². The molecule has 0 fully saturated rings. The fourth-order valence-electron chi connectivity index (χ4n) is 3.33. The van der Waals surface area contributed by atoms with Crippen LogP contribution < -0.4 is 15.6 Å². The Hall–Kier alpha value is -3.12. The largest absolute Gasteiger partial charge is 0.457 e. The van der Waals surface area contributed by atoms with E-state index in [9.17, 15) is 4.79 Å². The van der Waals surface area contributed by atoms with Crippen LogP contribution in [0.4, 0.5) is 5.82 Å². The third-order valence-electron chi connectivity index (χ3n) is 5.06. The van der Waals surface area contributed by atoms with Crippen LogP contribution in [-0.2, 0) is 0 Å². The summed E-state index contributed by atoms with van der Waals surface area (Å²) in [6.45, 7) is 2.95. The minimum atomic E-state index is -0.171. The lowest BCUT2D eigenvalue weighted by molar-refractivity contribution is 0.482. The lowest BCUT2D eigenvalue weighted by atomic mass is 9.98. The minimum absolute atomic E-state index is 0.171. The van der Waals surface area contributed by atoms with E-state index in [1.165, 1.54) is 5.56 Å². The van der Waals surface area contributed by atoms with E-state index in [1.807, 2.05) is 60.7 Å². The molecule has 0 amide bonds. The number of hydrogen-bond acceptors (Lipinski definition) is 4. The number of benzene rings is 3. The van der Waals surface area contributed by atoms with E-state index in [4.69, 9.17) is 4.74 Å². The average molecular weight is 464 g/mol. The van der Waals surface area contributed by atoms with Crippen LogP contribution in [0.15, 0.2) is 82.1 Å². The smallest absolute Gasteiger partial charge is 0.272 e. The van der Waals surface area contributed by atoms with Gasteiger partial charge in [0.25, 0.3) is 5.56 Å². The molecule has 1 aromatic heterocycles. The molecule has 1 atom stereocenters. The van der Waals surface area contributed by atoms with E-state index < -0.39 is 0 Å². The van der Waals surface area contributed by atoms with Gasteiger partial charge >= 0.3 is 0 Å². The molecule has 6 heteroatoms. The van der Waals surface area contributed by atoms with Gasteiger partial charge in [0.2, 0.25) is 0 Å². The monoisotopic (exact) mass is 463 g/mol. The number of hydrogen-bond donors (Lipinski definition) is 2. The summed E-state index contributed by atoms with van der Waals surface area (Å²) in [4.78, 5) is 11.9. The van der Waals surface area contributed by atoms with Crippen LogP contribution in [0.2, 0.25) is 0 Å². The summed E-state index contributed by atoms with van der Waals surface area (Å²) in [6, 6.07) is 23.5. The molecule has 30 heavy (non-hydrogen) atoms. The zero-order chi connectivity index (χ0) is 20.9. The number of nitrogens with one attached hydrogen (secondary N) is 2. The highest BCUT2D eigenvalue weighted by Crippen LogP contribution is 2.26. The average Bonchev–Trinajstić information content (AvgIpc) is 2.77. The Morgan fingerprint density at radius 2 is 1.60 bits per heavy atom. The highest BCUT2D eigenvalue weighted by molar-refractivity contribution is 9.10. The quantitative estimate of drug-likeness (QED) is 0.348. The SMILES string of the molecule is CC(CCNc1n[nH]c(=O)c2ccccc12)c1ccc(Oc2ccc(Br)cc2)cc1. The molecule has 0 saturated carbocycles. The van der Waals surface area contributed by atoms with Gasteiger partial charge in [-0.3, -0.25) is 4.79 Å². The van der Waals surface area contributed by atoms with Gasteiger partial charge in [-0.1, -0.05) is 53.2 Å². The molecular weight excluding hydrogens is 442 g/mol. The Morgan fingerprint density at radius 1 is 0.967 bits per heavy atom. The van der Waals surface area contributed by atoms with Gasteiger partial charge in [-0.15, -0.1) is 0 Å². The van der Waals surface area contributed by atoms with Gasteiger partial charge in [0.15, 0.2) is 5.82 Å². The second-order valence-corrected chi connectivity index (χ2v) is 8.10. The van der Waals surface area contributed by atoms with Gasteiger partial charge < -0.3 is 10.1 Å². The summed E-state index contributed by atoms with van der Waals surface area (Å²) in [5.41, 5.74) is 1.08. The molecule has 5 nitrogen and oxygen atoms in total. The van der Waals surface area contributed by atoms with Gasteiger partial charge in [-0.2, -0.15) is 5.10 Å². The fraction of sp³-hybridized carbons (Fsp3) is 0.167. The molecule has 3 aromatic carbocycles. The van der Waals surface area contributed by atoms with Crippen LogP contribution in [0.5, 0.6) is 11.5 Å². The van der Waals surface area contributed by atoms with E-state index >= 15 is 0 Å². The van der Waals surface area contributed by atoms with Crippen molar-refractivity contribution < 1.29 is 4.74 Å². The summed E-state index contributed by atoms with van der Waals surface area (Å²) in [5.74, 6) is 2.70. The molecule has 0 spiro atoms. The molecule has 2 N–H and O–H groups in total. The van der Waals surface area contributed by atoms with Crippen LogP contribution >= 0.6 is 15.9 Å². The van der Waals surface area contributed by atoms with E-state index in [1.54, 1.807) is 0 Å². The molecule has 152 valence electrons. The number of ether oxygens (including phenoxy) is 1. The lowest BCUT2D eigenvalue weighted by Crippen LogP contribution is -2.13. The maximum atomic E-state index is 11.9. The van der Waals surface area contributed by atoms with Gasteiger partial charge in [-0.25, -0.2) is 5.10 Å². The summed E-state index contributed by atoms with van der Waals surface area (Å²) >= 11 is 3.43. The number of rotatable bonds is 7. The molecule has 0 aliphatic rings. The Morgan fingerprint density at radius 3 is 2.30 bits per heavy atom. The van der Waals surface area contributed by atoms with Gasteiger partial charge in [0, 0.05) is 16.4 Å². The fourth-order valence-corrected chi connectivity index (χ4v) is 3.59. The first-order chi connectivity index (χ1) is 14.6. The third kappa shape index (κ3) is 4.71. The molecule has 0 saturated heterocycles. The maximum Gasteiger partial charge on any atom is 0.272 e. The number of aromatic amines is 1. The summed E-state index contributed by atoms with van der Waals surface area (Å²) in [5, 5.41) is 11.6. The van der Waals surface area contributed by atoms with Crippen LogP contribution in [0.1, 0.15) is 24.8 Å². The molecule has 0 aliphatic heterocycles. The predicted molar refractivity (Wildman–Crippen MR) is 125 cm³/mol. The highest BCUT2D eigenvalue weighted by Gasteiger charge is 2.09. The zero-order valence-electron chi connectivity index (χ0n) is 16.6. The molecule has 4 rings (SSSR count). The van der Waals surface area contributed by atoms with E-state index in [0.717, 1.165) is 34.3 Å². The van der Waals surface area contributed by atoms with Crippen LogP contribution in [0.25, 0.3) is 10.8 Å². The number of aromatic nitrogens is 2. The second-order valence-electron chi connectivity index (χ2n) is 7.19. The minimum Gasteiger partial charge on any atom is -0.457 e. The molecule has 1 unspecified atom stereocenters. The lowest BCUT2D eigenvalue weighted by Gasteiger charge is -2.14. The van der Waals surface area contributed by atoms with Crippen molar-refractivity contribution in [2.75, 3.05) is 11.9 Å². The van der Waals surface area contributed by atoms with Crippen molar-refractivity contribution in [3.05, 3.63) is 93.2 Å². The molecule has 1 heterocycles. The topological polar surface area (TPSA) is 67.0 Å². The van der Waals surface area contributed by atoms with Gasteiger partial charge in [0.1, 0.15) is 11.5 Å². The molecule has 0 bridgehead atoms. The zero-order valence-corrected chi connectivity index (χ0v) is 18.1. The first-order valence-corrected chi connectivity index (χ1v) is 10.6. The highest BCUT2D eigenvalue weighted by atomic mass is 79.9. The van der Waals surface area contributed by atoms with Crippen molar-refractivity contribution in [2.24, 2.45) is 0 Å². The van der Waals surface area contributed by atoms with Gasteiger partial charge in [0.05, 0.1) is 5.39 Å². The number of fused-ring (bicyclic) bond motifs is 1. The summed E-state index contributed by atoms with van der Waals surface area (Å²) in [6.07, 6.45) is 0.933. The summed E-state index contributed by atoms with van der Waals surface area (Å²) in [7, 11) is 0. The molecule has 4 aromatic rings. The normalized spacial score (nSPS) is 11.9. The first kappa shape index (κ1) is 20.2. The Balaban J connectivity index is 1.35. The van der Waals surface area contributed by atoms with Gasteiger partial charge in [-0.05, 0) is 60.4 Å². The molecular formula is C24H22BrN3O2. The number of halogens is 1. The summed E-state index contributed by atoms with van der Waals surface area (Å²) < 4.78 is 6.91. The third-order valence-corrected chi connectivity index (χ3v) is 5.59. The first-order valence-electron chi connectivity index (χ1n) is 9.85. The van der Waals surface area contributed by atoms with E-state index in [0.29, 0.717) is 17.1 Å².